The molecule has 11 heteroatoms. The first kappa shape index (κ1) is 26.5. The highest BCUT2D eigenvalue weighted by Gasteiger charge is 2.31. The summed E-state index contributed by atoms with van der Waals surface area (Å²) in [6.45, 7) is 6.56. The highest BCUT2D eigenvalue weighted by molar-refractivity contribution is 8.00. The Balaban J connectivity index is 1.50. The number of ether oxygens (including phenoxy) is 2. The number of anilines is 1. The van der Waals surface area contributed by atoms with Gasteiger partial charge in [-0.25, -0.2) is 8.97 Å². The number of nitrogens with one attached hydrogen (secondary N) is 1. The van der Waals surface area contributed by atoms with Crippen molar-refractivity contribution in [3.05, 3.63) is 75.4 Å². The molecule has 9 nitrogen and oxygen atoms in total. The highest BCUT2D eigenvalue weighted by Crippen LogP contribution is 2.38. The third kappa shape index (κ3) is 4.67. The molecule has 2 aromatic carbocycles. The quantitative estimate of drug-likeness (QED) is 0.262. The monoisotopic (exact) mass is 575 g/mol. The molecule has 3 aromatic heterocycles. The lowest BCUT2D eigenvalue weighted by molar-refractivity contribution is -0.115. The van der Waals surface area contributed by atoms with E-state index >= 15 is 0 Å². The number of fused-ring (bicyclic) bond motifs is 5. The molecule has 1 aliphatic heterocycles. The summed E-state index contributed by atoms with van der Waals surface area (Å²) >= 11 is 2.84. The van der Waals surface area contributed by atoms with E-state index in [0.29, 0.717) is 46.7 Å². The molecular weight excluding hydrogens is 546 g/mol. The van der Waals surface area contributed by atoms with Crippen LogP contribution in [0.3, 0.4) is 0 Å². The van der Waals surface area contributed by atoms with Crippen LogP contribution < -0.4 is 15.6 Å². The average molecular weight is 576 g/mol. The van der Waals surface area contributed by atoms with E-state index in [1.807, 2.05) is 65.9 Å². The van der Waals surface area contributed by atoms with Crippen LogP contribution in [0.5, 0.6) is 5.75 Å². The smallest absolute Gasteiger partial charge is 0.268 e. The summed E-state index contributed by atoms with van der Waals surface area (Å²) in [5.41, 5.74) is 2.27. The van der Waals surface area contributed by atoms with Gasteiger partial charge in [0, 0.05) is 17.0 Å². The van der Waals surface area contributed by atoms with Crippen LogP contribution in [0.1, 0.15) is 31.2 Å². The normalized spacial score (nSPS) is 15.9. The van der Waals surface area contributed by atoms with Gasteiger partial charge in [-0.2, -0.15) is 0 Å². The molecule has 0 saturated carbocycles. The minimum Gasteiger partial charge on any atom is -0.497 e. The number of para-hydroxylation sites is 1. The van der Waals surface area contributed by atoms with Crippen LogP contribution in [0.25, 0.3) is 21.7 Å². The second-order valence-corrected chi connectivity index (χ2v) is 12.4. The summed E-state index contributed by atoms with van der Waals surface area (Å²) in [5.74, 6) is 1.25. The fourth-order valence-electron chi connectivity index (χ4n) is 4.88. The third-order valence-electron chi connectivity index (χ3n) is 7.11. The summed E-state index contributed by atoms with van der Waals surface area (Å²) in [6.07, 6.45) is 0.697. The van der Waals surface area contributed by atoms with Crippen molar-refractivity contribution in [3.63, 3.8) is 0 Å². The zero-order valence-corrected chi connectivity index (χ0v) is 24.2. The van der Waals surface area contributed by atoms with Crippen LogP contribution in [0, 0.1) is 5.92 Å². The number of rotatable bonds is 7. The lowest BCUT2D eigenvalue weighted by Crippen LogP contribution is -2.28. The number of carbonyl (C=O) groups is 1. The number of hydrogen-bond acceptors (Lipinski definition) is 8. The summed E-state index contributed by atoms with van der Waals surface area (Å²) in [4.78, 5) is 29.0. The predicted molar refractivity (Wildman–Crippen MR) is 158 cm³/mol. The summed E-state index contributed by atoms with van der Waals surface area (Å²) in [6, 6.07) is 16.7. The molecule has 0 saturated heterocycles. The maximum absolute atomic E-state index is 14.2. The maximum Gasteiger partial charge on any atom is 0.268 e. The Kier molecular flexibility index (Phi) is 7.11. The standard InChI is InChI=1S/C29H29N5O4S2/c1-16(2)22-14-21-23(15-38-22)40-27-24(21)26(36)33(19-10-12-20(37-4)13-11-19)28-31-32-29(34(27)28)39-17(3)25(35)30-18-8-6-5-7-9-18/h5-13,16-17,22H,14-15H2,1-4H3,(H,30,35). The van der Waals surface area contributed by atoms with Crippen molar-refractivity contribution in [2.75, 3.05) is 12.4 Å². The van der Waals surface area contributed by atoms with E-state index in [1.54, 1.807) is 11.7 Å². The Bertz CT molecular complexity index is 1760. The SMILES string of the molecule is COc1ccc(-n2c(=O)c3c4c(sc3n3c(SC(C)C(=O)Nc5ccccc5)nnc23)COC(C(C)C)C4)cc1. The Morgan fingerprint density at radius 1 is 1.12 bits per heavy atom. The minimum absolute atomic E-state index is 0.0336. The zero-order chi connectivity index (χ0) is 28.0. The van der Waals surface area contributed by atoms with Crippen molar-refractivity contribution < 1.29 is 14.3 Å². The highest BCUT2D eigenvalue weighted by atomic mass is 32.2. The second-order valence-electron chi connectivity index (χ2n) is 10.1. The van der Waals surface area contributed by atoms with Gasteiger partial charge in [0.25, 0.3) is 5.56 Å². The molecule has 6 rings (SSSR count). The molecule has 1 aliphatic rings. The van der Waals surface area contributed by atoms with E-state index in [4.69, 9.17) is 9.47 Å². The molecule has 1 amide bonds. The summed E-state index contributed by atoms with van der Waals surface area (Å²) < 4.78 is 15.0. The molecule has 0 radical (unpaired) electrons. The van der Waals surface area contributed by atoms with Crippen molar-refractivity contribution in [1.29, 1.82) is 0 Å². The second kappa shape index (κ2) is 10.7. The minimum atomic E-state index is -0.465. The number of thioether (sulfide) groups is 1. The fourth-order valence-corrected chi connectivity index (χ4v) is 7.03. The van der Waals surface area contributed by atoms with Gasteiger partial charge in [0.05, 0.1) is 36.1 Å². The molecule has 2 unspecified atom stereocenters. The van der Waals surface area contributed by atoms with Gasteiger partial charge in [-0.3, -0.25) is 9.59 Å². The van der Waals surface area contributed by atoms with Crippen molar-refractivity contribution in [3.8, 4) is 11.4 Å². The van der Waals surface area contributed by atoms with Crippen LogP contribution in [-0.2, 0) is 22.6 Å². The van der Waals surface area contributed by atoms with Gasteiger partial charge in [-0.05, 0) is 54.8 Å². The third-order valence-corrected chi connectivity index (χ3v) is 9.34. The van der Waals surface area contributed by atoms with Crippen LogP contribution in [0.15, 0.2) is 64.5 Å². The number of amides is 1. The molecule has 1 N–H and O–H groups in total. The number of hydrogen-bond donors (Lipinski definition) is 1. The first-order valence-corrected chi connectivity index (χ1v) is 14.8. The Morgan fingerprint density at radius 2 is 1.88 bits per heavy atom. The van der Waals surface area contributed by atoms with Crippen LogP contribution in [0.2, 0.25) is 0 Å². The van der Waals surface area contributed by atoms with E-state index in [2.05, 4.69) is 29.4 Å². The Labute approximate surface area is 239 Å². The number of nitrogens with zero attached hydrogens (tertiary/aromatic N) is 4. The maximum atomic E-state index is 14.2. The van der Waals surface area contributed by atoms with E-state index in [1.165, 1.54) is 23.1 Å². The molecule has 4 heterocycles. The number of thiophene rings is 1. The van der Waals surface area contributed by atoms with E-state index < -0.39 is 5.25 Å². The van der Waals surface area contributed by atoms with Gasteiger partial charge < -0.3 is 14.8 Å². The summed E-state index contributed by atoms with van der Waals surface area (Å²) in [7, 11) is 1.60. The number of methoxy groups -OCH3 is 1. The summed E-state index contributed by atoms with van der Waals surface area (Å²) in [5, 5.41) is 12.6. The first-order valence-electron chi connectivity index (χ1n) is 13.1. The zero-order valence-electron chi connectivity index (χ0n) is 22.6. The molecule has 0 bridgehead atoms. The molecule has 2 atom stereocenters. The lowest BCUT2D eigenvalue weighted by Gasteiger charge is -2.26. The van der Waals surface area contributed by atoms with Crippen molar-refractivity contribution >= 4 is 50.7 Å². The molecular formula is C29H29N5O4S2. The number of carbonyl (C=O) groups excluding carboxylic acids is 1. The van der Waals surface area contributed by atoms with E-state index in [9.17, 15) is 9.59 Å². The molecule has 0 fully saturated rings. The number of aromatic nitrogens is 4. The predicted octanol–water partition coefficient (Wildman–Crippen LogP) is 5.32. The molecule has 40 heavy (non-hydrogen) atoms. The van der Waals surface area contributed by atoms with Gasteiger partial charge in [0.1, 0.15) is 10.6 Å². The van der Waals surface area contributed by atoms with Gasteiger partial charge in [0.2, 0.25) is 11.7 Å². The van der Waals surface area contributed by atoms with Gasteiger partial charge >= 0.3 is 0 Å². The van der Waals surface area contributed by atoms with Gasteiger partial charge in [0.15, 0.2) is 5.16 Å². The van der Waals surface area contributed by atoms with Gasteiger partial charge in [-0.15, -0.1) is 21.5 Å². The number of benzene rings is 2. The average Bonchev–Trinajstić information content (AvgIpc) is 3.55. The Morgan fingerprint density at radius 3 is 2.58 bits per heavy atom. The van der Waals surface area contributed by atoms with E-state index in [0.717, 1.165) is 21.0 Å². The van der Waals surface area contributed by atoms with Crippen LogP contribution in [-0.4, -0.2) is 43.5 Å². The van der Waals surface area contributed by atoms with Crippen molar-refractivity contribution in [1.82, 2.24) is 19.2 Å². The van der Waals surface area contributed by atoms with Gasteiger partial charge in [-0.1, -0.05) is 43.8 Å². The van der Waals surface area contributed by atoms with E-state index in [-0.39, 0.29) is 17.6 Å². The van der Waals surface area contributed by atoms with Crippen LogP contribution >= 0.6 is 23.1 Å². The fraction of sp³-hybridized carbons (Fsp3) is 0.310. The molecule has 5 aromatic rings. The van der Waals surface area contributed by atoms with Crippen molar-refractivity contribution in [2.45, 2.75) is 50.3 Å². The first-order chi connectivity index (χ1) is 19.4. The topological polar surface area (TPSA) is 99.8 Å². The Hall–Kier alpha value is -3.67. The van der Waals surface area contributed by atoms with Crippen molar-refractivity contribution in [2.24, 2.45) is 5.92 Å². The molecule has 206 valence electrons. The largest absolute Gasteiger partial charge is 0.497 e. The molecule has 0 spiro atoms. The lowest BCUT2D eigenvalue weighted by atomic mass is 9.96. The van der Waals surface area contributed by atoms with Crippen LogP contribution in [0.4, 0.5) is 5.69 Å². The molecule has 0 aliphatic carbocycles.